The van der Waals surface area contributed by atoms with Gasteiger partial charge in [-0.1, -0.05) is 29.8 Å². The summed E-state index contributed by atoms with van der Waals surface area (Å²) >= 11 is 7.60. The molecule has 2 aromatic heterocycles. The molecule has 6 heteroatoms. The molecule has 0 spiro atoms. The van der Waals surface area contributed by atoms with E-state index in [2.05, 4.69) is 23.4 Å². The van der Waals surface area contributed by atoms with E-state index in [1.54, 1.807) is 35.6 Å². The highest BCUT2D eigenvalue weighted by molar-refractivity contribution is 7.17. The molecule has 4 rings (SSSR count). The molecule has 2 aromatic carbocycles. The lowest BCUT2D eigenvalue weighted by atomic mass is 10.1. The molecular weight excluding hydrogens is 354 g/mol. The van der Waals surface area contributed by atoms with Crippen LogP contribution in [0.15, 0.2) is 60.9 Å². The Labute approximate surface area is 153 Å². The maximum Gasteiger partial charge on any atom is 0.255 e. The number of fused-ring (bicyclic) bond motifs is 1. The number of hydrogen-bond donors (Lipinski definition) is 1. The third-order valence-electron chi connectivity index (χ3n) is 3.77. The Hall–Kier alpha value is -2.63. The largest absolute Gasteiger partial charge is 0.322 e. The van der Waals surface area contributed by atoms with Gasteiger partial charge in [-0.05, 0) is 37.3 Å². The molecule has 0 radical (unpaired) electrons. The van der Waals surface area contributed by atoms with Gasteiger partial charge in [0.25, 0.3) is 5.91 Å². The average molecular weight is 368 g/mol. The predicted octanol–water partition coefficient (Wildman–Crippen LogP) is 5.28. The first-order valence-electron chi connectivity index (χ1n) is 7.71. The minimum Gasteiger partial charge on any atom is -0.322 e. The number of imidazole rings is 1. The van der Waals surface area contributed by atoms with Crippen LogP contribution in [0.5, 0.6) is 0 Å². The first kappa shape index (κ1) is 15.9. The van der Waals surface area contributed by atoms with Gasteiger partial charge in [-0.15, -0.1) is 11.3 Å². The van der Waals surface area contributed by atoms with Crippen LogP contribution in [0.1, 0.15) is 15.2 Å². The lowest BCUT2D eigenvalue weighted by Gasteiger charge is -2.07. The van der Waals surface area contributed by atoms with Crippen molar-refractivity contribution in [2.75, 3.05) is 5.32 Å². The van der Waals surface area contributed by atoms with Gasteiger partial charge in [0.05, 0.1) is 5.69 Å². The number of benzene rings is 2. The maximum atomic E-state index is 12.4. The van der Waals surface area contributed by atoms with E-state index in [1.165, 1.54) is 4.88 Å². The molecule has 0 fully saturated rings. The molecule has 0 unspecified atom stereocenters. The quantitative estimate of drug-likeness (QED) is 0.535. The summed E-state index contributed by atoms with van der Waals surface area (Å²) in [4.78, 5) is 19.2. The normalized spacial score (nSPS) is 11.0. The van der Waals surface area contributed by atoms with Crippen molar-refractivity contribution in [3.63, 3.8) is 0 Å². The van der Waals surface area contributed by atoms with Crippen molar-refractivity contribution < 1.29 is 4.79 Å². The van der Waals surface area contributed by atoms with Gasteiger partial charge in [-0.2, -0.15) is 0 Å². The van der Waals surface area contributed by atoms with Crippen LogP contribution in [0, 0.1) is 6.92 Å². The van der Waals surface area contributed by atoms with Crippen molar-refractivity contribution in [2.24, 2.45) is 0 Å². The van der Waals surface area contributed by atoms with Crippen molar-refractivity contribution >= 4 is 39.5 Å². The Morgan fingerprint density at radius 2 is 2.00 bits per heavy atom. The summed E-state index contributed by atoms with van der Waals surface area (Å²) in [7, 11) is 0. The fourth-order valence-electron chi connectivity index (χ4n) is 2.64. The maximum absolute atomic E-state index is 12.4. The van der Waals surface area contributed by atoms with E-state index in [1.807, 2.05) is 34.9 Å². The molecule has 0 aliphatic rings. The summed E-state index contributed by atoms with van der Waals surface area (Å²) in [6.45, 7) is 2.06. The number of carbonyl (C=O) groups is 1. The van der Waals surface area contributed by atoms with Gasteiger partial charge in [0.2, 0.25) is 0 Å². The Balaban J connectivity index is 1.60. The van der Waals surface area contributed by atoms with Crippen LogP contribution in [0.25, 0.3) is 16.2 Å². The standard InChI is InChI=1S/C19H14ClN3OS/c1-12-10-23-11-17(22-19(23)25-12)13-4-3-7-16(9-13)21-18(24)14-5-2-6-15(20)8-14/h2-11H,1H3,(H,21,24). The third kappa shape index (κ3) is 3.29. The smallest absolute Gasteiger partial charge is 0.255 e. The first-order valence-corrected chi connectivity index (χ1v) is 8.90. The molecule has 124 valence electrons. The minimum absolute atomic E-state index is 0.193. The van der Waals surface area contributed by atoms with Crippen LogP contribution in [-0.4, -0.2) is 15.3 Å². The second kappa shape index (κ2) is 6.35. The van der Waals surface area contributed by atoms with Gasteiger partial charge >= 0.3 is 0 Å². The van der Waals surface area contributed by atoms with Crippen molar-refractivity contribution in [3.05, 3.63) is 76.4 Å². The van der Waals surface area contributed by atoms with Crippen LogP contribution in [0.2, 0.25) is 5.02 Å². The molecule has 25 heavy (non-hydrogen) atoms. The summed E-state index contributed by atoms with van der Waals surface area (Å²) in [5, 5.41) is 3.44. The topological polar surface area (TPSA) is 46.4 Å². The Morgan fingerprint density at radius 1 is 1.16 bits per heavy atom. The zero-order valence-corrected chi connectivity index (χ0v) is 14.9. The number of nitrogens with one attached hydrogen (secondary N) is 1. The van der Waals surface area contributed by atoms with Gasteiger partial charge in [-0.3, -0.25) is 9.20 Å². The van der Waals surface area contributed by atoms with E-state index in [0.29, 0.717) is 10.6 Å². The number of rotatable bonds is 3. The van der Waals surface area contributed by atoms with Crippen LogP contribution in [-0.2, 0) is 0 Å². The van der Waals surface area contributed by atoms with Gasteiger partial charge in [-0.25, -0.2) is 4.98 Å². The number of halogens is 1. The zero-order chi connectivity index (χ0) is 17.4. The summed E-state index contributed by atoms with van der Waals surface area (Å²) in [5.41, 5.74) is 3.08. The number of hydrogen-bond acceptors (Lipinski definition) is 3. The number of thiazole rings is 1. The minimum atomic E-state index is -0.193. The predicted molar refractivity (Wildman–Crippen MR) is 103 cm³/mol. The molecule has 0 atom stereocenters. The molecule has 4 nitrogen and oxygen atoms in total. The Morgan fingerprint density at radius 3 is 2.80 bits per heavy atom. The fourth-order valence-corrected chi connectivity index (χ4v) is 3.64. The second-order valence-corrected chi connectivity index (χ2v) is 7.35. The van der Waals surface area contributed by atoms with E-state index in [-0.39, 0.29) is 5.91 Å². The molecule has 4 aromatic rings. The molecule has 0 saturated carbocycles. The third-order valence-corrected chi connectivity index (χ3v) is 4.92. The summed E-state index contributed by atoms with van der Waals surface area (Å²) < 4.78 is 2.02. The molecule has 0 aliphatic heterocycles. The summed E-state index contributed by atoms with van der Waals surface area (Å²) in [5.74, 6) is -0.193. The van der Waals surface area contributed by atoms with E-state index >= 15 is 0 Å². The number of nitrogens with zero attached hydrogens (tertiary/aromatic N) is 2. The van der Waals surface area contributed by atoms with Crippen molar-refractivity contribution in [3.8, 4) is 11.3 Å². The number of anilines is 1. The van der Waals surface area contributed by atoms with Crippen LogP contribution < -0.4 is 5.32 Å². The highest BCUT2D eigenvalue weighted by atomic mass is 35.5. The number of aryl methyl sites for hydroxylation is 1. The van der Waals surface area contributed by atoms with Gasteiger partial charge in [0.1, 0.15) is 0 Å². The highest BCUT2D eigenvalue weighted by Gasteiger charge is 2.10. The SMILES string of the molecule is Cc1cn2cc(-c3cccc(NC(=O)c4cccc(Cl)c4)c3)nc2s1. The van der Waals surface area contributed by atoms with Crippen molar-refractivity contribution in [2.45, 2.75) is 6.92 Å². The van der Waals surface area contributed by atoms with E-state index in [9.17, 15) is 4.79 Å². The van der Waals surface area contributed by atoms with Gasteiger partial charge in [0, 0.05) is 39.1 Å². The Kier molecular flexibility index (Phi) is 4.03. The van der Waals surface area contributed by atoms with Crippen LogP contribution in [0.4, 0.5) is 5.69 Å². The number of amides is 1. The highest BCUT2D eigenvalue weighted by Crippen LogP contribution is 2.25. The lowest BCUT2D eigenvalue weighted by molar-refractivity contribution is 0.102. The second-order valence-electron chi connectivity index (χ2n) is 5.70. The van der Waals surface area contributed by atoms with Crippen molar-refractivity contribution in [1.29, 1.82) is 0 Å². The summed E-state index contributed by atoms with van der Waals surface area (Å²) in [6.07, 6.45) is 4.05. The first-order chi connectivity index (χ1) is 12.1. The molecular formula is C19H14ClN3OS. The zero-order valence-electron chi connectivity index (χ0n) is 13.4. The van der Waals surface area contributed by atoms with E-state index in [4.69, 9.17) is 11.6 Å². The molecule has 0 saturated heterocycles. The fraction of sp³-hybridized carbons (Fsp3) is 0.0526. The molecule has 1 N–H and O–H groups in total. The van der Waals surface area contributed by atoms with Crippen LogP contribution >= 0.6 is 22.9 Å². The average Bonchev–Trinajstić information content (AvgIpc) is 3.12. The molecule has 2 heterocycles. The molecule has 0 bridgehead atoms. The lowest BCUT2D eigenvalue weighted by Crippen LogP contribution is -2.11. The number of aromatic nitrogens is 2. The Bertz CT molecular complexity index is 1050. The summed E-state index contributed by atoms with van der Waals surface area (Å²) in [6, 6.07) is 14.5. The van der Waals surface area contributed by atoms with Crippen molar-refractivity contribution in [1.82, 2.24) is 9.38 Å². The molecule has 1 amide bonds. The molecule has 0 aliphatic carbocycles. The van der Waals surface area contributed by atoms with E-state index in [0.717, 1.165) is 21.9 Å². The van der Waals surface area contributed by atoms with Gasteiger partial charge in [0.15, 0.2) is 4.96 Å². The monoisotopic (exact) mass is 367 g/mol. The van der Waals surface area contributed by atoms with Gasteiger partial charge < -0.3 is 5.32 Å². The number of carbonyl (C=O) groups excluding carboxylic acids is 1. The van der Waals surface area contributed by atoms with E-state index < -0.39 is 0 Å². The van der Waals surface area contributed by atoms with Crippen LogP contribution in [0.3, 0.4) is 0 Å².